The van der Waals surface area contributed by atoms with Gasteiger partial charge in [-0.15, -0.1) is 0 Å². The third-order valence-electron chi connectivity index (χ3n) is 6.04. The third kappa shape index (κ3) is 5.53. The van der Waals surface area contributed by atoms with Crippen molar-refractivity contribution in [2.24, 2.45) is 17.8 Å². The molecule has 2 heterocycles. The molecular weight excluding hydrogens is 418 g/mol. The van der Waals surface area contributed by atoms with Crippen LogP contribution in [-0.2, 0) is 24.3 Å². The van der Waals surface area contributed by atoms with Crippen molar-refractivity contribution < 1.29 is 22.7 Å². The maximum Gasteiger partial charge on any atom is 0.243 e. The Labute approximate surface area is 184 Å². The van der Waals surface area contributed by atoms with E-state index in [-0.39, 0.29) is 40.5 Å². The molecule has 2 saturated heterocycles. The van der Waals surface area contributed by atoms with E-state index < -0.39 is 10.0 Å². The Kier molecular flexibility index (Phi) is 7.51. The highest BCUT2D eigenvalue weighted by Crippen LogP contribution is 2.28. The summed E-state index contributed by atoms with van der Waals surface area (Å²) in [4.78, 5) is 24.3. The molecule has 0 aromatic heterocycles. The van der Waals surface area contributed by atoms with E-state index in [1.165, 1.54) is 16.4 Å². The van der Waals surface area contributed by atoms with Crippen LogP contribution in [0.15, 0.2) is 41.8 Å². The van der Waals surface area contributed by atoms with E-state index in [0.717, 1.165) is 0 Å². The van der Waals surface area contributed by atoms with Crippen LogP contribution in [0.3, 0.4) is 0 Å². The molecule has 9 heteroatoms. The summed E-state index contributed by atoms with van der Waals surface area (Å²) in [7, 11) is -3.74. The number of piperidine rings is 1. The van der Waals surface area contributed by atoms with Gasteiger partial charge in [0.25, 0.3) is 0 Å². The molecule has 2 fully saturated rings. The molecule has 1 aromatic carbocycles. The number of carbonyl (C=O) groups excluding carboxylic acids is 2. The van der Waals surface area contributed by atoms with Crippen molar-refractivity contribution in [3.05, 3.63) is 36.9 Å². The van der Waals surface area contributed by atoms with E-state index in [4.69, 9.17) is 4.74 Å². The summed E-state index contributed by atoms with van der Waals surface area (Å²) in [6.07, 6.45) is 2.55. The minimum absolute atomic E-state index is 0.0566. The summed E-state index contributed by atoms with van der Waals surface area (Å²) >= 11 is 0. The molecule has 2 unspecified atom stereocenters. The van der Waals surface area contributed by atoms with Crippen molar-refractivity contribution in [1.82, 2.24) is 9.62 Å². The number of amides is 2. The number of hydrogen-bond acceptors (Lipinski definition) is 5. The van der Waals surface area contributed by atoms with Gasteiger partial charge < -0.3 is 15.4 Å². The fourth-order valence-corrected chi connectivity index (χ4v) is 5.98. The fraction of sp³-hybridized carbons (Fsp3) is 0.545. The van der Waals surface area contributed by atoms with Gasteiger partial charge in [0, 0.05) is 44.0 Å². The van der Waals surface area contributed by atoms with Gasteiger partial charge in [0.15, 0.2) is 0 Å². The third-order valence-corrected chi connectivity index (χ3v) is 7.86. The van der Waals surface area contributed by atoms with Gasteiger partial charge in [-0.1, -0.05) is 26.5 Å². The minimum Gasteiger partial charge on any atom is -0.381 e. The lowest BCUT2D eigenvalue weighted by Gasteiger charge is -2.40. The van der Waals surface area contributed by atoms with Crippen LogP contribution in [0.1, 0.15) is 26.7 Å². The molecule has 1 aromatic rings. The second-order valence-electron chi connectivity index (χ2n) is 8.42. The SMILES string of the molecule is C=CC(=O)NC1C(C)CN(S(=O)(=O)c2cccc(NC(=O)C3CCOCC3)c2)CC1C. The van der Waals surface area contributed by atoms with Gasteiger partial charge in [-0.2, -0.15) is 4.31 Å². The van der Waals surface area contributed by atoms with E-state index >= 15 is 0 Å². The maximum absolute atomic E-state index is 13.3. The molecule has 0 aliphatic carbocycles. The quantitative estimate of drug-likeness (QED) is 0.647. The topological polar surface area (TPSA) is 105 Å². The largest absolute Gasteiger partial charge is 0.381 e. The molecule has 8 nitrogen and oxygen atoms in total. The molecule has 2 N–H and O–H groups in total. The van der Waals surface area contributed by atoms with E-state index in [2.05, 4.69) is 17.2 Å². The summed E-state index contributed by atoms with van der Waals surface area (Å²) in [6.45, 7) is 9.05. The van der Waals surface area contributed by atoms with Gasteiger partial charge >= 0.3 is 0 Å². The lowest BCUT2D eigenvalue weighted by atomic mass is 9.87. The summed E-state index contributed by atoms with van der Waals surface area (Å²) in [6, 6.07) is 6.25. The number of rotatable bonds is 6. The van der Waals surface area contributed by atoms with Gasteiger partial charge in [-0.25, -0.2) is 8.42 Å². The van der Waals surface area contributed by atoms with Gasteiger partial charge in [0.2, 0.25) is 21.8 Å². The first-order valence-electron chi connectivity index (χ1n) is 10.6. The van der Waals surface area contributed by atoms with Crippen LogP contribution in [0, 0.1) is 17.8 Å². The Morgan fingerprint density at radius 2 is 1.81 bits per heavy atom. The molecule has 2 aliphatic heterocycles. The van der Waals surface area contributed by atoms with Gasteiger partial charge in [-0.3, -0.25) is 9.59 Å². The molecule has 2 aliphatic rings. The Hall–Kier alpha value is -2.23. The van der Waals surface area contributed by atoms with Crippen molar-refractivity contribution in [1.29, 1.82) is 0 Å². The monoisotopic (exact) mass is 449 g/mol. The first-order chi connectivity index (χ1) is 14.7. The van der Waals surface area contributed by atoms with E-state index in [1.54, 1.807) is 18.2 Å². The normalized spacial score (nSPS) is 25.5. The molecule has 31 heavy (non-hydrogen) atoms. The summed E-state index contributed by atoms with van der Waals surface area (Å²) < 4.78 is 33.3. The van der Waals surface area contributed by atoms with Crippen molar-refractivity contribution in [3.63, 3.8) is 0 Å². The molecule has 3 rings (SSSR count). The Bertz CT molecular complexity index is 915. The first-order valence-corrected chi connectivity index (χ1v) is 12.1. The lowest BCUT2D eigenvalue weighted by Crippen LogP contribution is -2.55. The van der Waals surface area contributed by atoms with Crippen LogP contribution < -0.4 is 10.6 Å². The molecule has 0 spiro atoms. The Balaban J connectivity index is 1.72. The number of ether oxygens (including phenoxy) is 1. The van der Waals surface area contributed by atoms with Crippen molar-refractivity contribution in [2.75, 3.05) is 31.6 Å². The van der Waals surface area contributed by atoms with Crippen molar-refractivity contribution >= 4 is 27.5 Å². The van der Waals surface area contributed by atoms with E-state index in [1.807, 2.05) is 13.8 Å². The molecule has 170 valence electrons. The maximum atomic E-state index is 13.3. The number of nitrogens with one attached hydrogen (secondary N) is 2. The van der Waals surface area contributed by atoms with Crippen LogP contribution >= 0.6 is 0 Å². The number of sulfonamides is 1. The fourth-order valence-electron chi connectivity index (χ4n) is 4.30. The summed E-state index contributed by atoms with van der Waals surface area (Å²) in [5.41, 5.74) is 0.465. The number of nitrogens with zero attached hydrogens (tertiary/aromatic N) is 1. The average Bonchev–Trinajstić information content (AvgIpc) is 2.76. The highest BCUT2D eigenvalue weighted by atomic mass is 32.2. The highest BCUT2D eigenvalue weighted by Gasteiger charge is 2.38. The second-order valence-corrected chi connectivity index (χ2v) is 10.4. The Morgan fingerprint density at radius 3 is 2.42 bits per heavy atom. The average molecular weight is 450 g/mol. The molecule has 0 bridgehead atoms. The molecule has 0 saturated carbocycles. The van der Waals surface area contributed by atoms with E-state index in [9.17, 15) is 18.0 Å². The lowest BCUT2D eigenvalue weighted by molar-refractivity contribution is -0.122. The van der Waals surface area contributed by atoms with Crippen LogP contribution in [0.2, 0.25) is 0 Å². The summed E-state index contributed by atoms with van der Waals surface area (Å²) in [5, 5.41) is 5.75. The number of hydrogen-bond donors (Lipinski definition) is 2. The molecule has 0 radical (unpaired) electrons. The van der Waals surface area contributed by atoms with Gasteiger partial charge in [0.05, 0.1) is 4.90 Å². The number of carbonyl (C=O) groups is 2. The van der Waals surface area contributed by atoms with E-state index in [0.29, 0.717) is 44.8 Å². The van der Waals surface area contributed by atoms with Crippen LogP contribution in [0.5, 0.6) is 0 Å². The molecule has 2 amide bonds. The van der Waals surface area contributed by atoms with Crippen molar-refractivity contribution in [3.8, 4) is 0 Å². The number of benzene rings is 1. The summed E-state index contributed by atoms with van der Waals surface area (Å²) in [5.74, 6) is -0.606. The predicted molar refractivity (Wildman–Crippen MR) is 118 cm³/mol. The smallest absolute Gasteiger partial charge is 0.243 e. The molecule has 2 atom stereocenters. The van der Waals surface area contributed by atoms with Crippen molar-refractivity contribution in [2.45, 2.75) is 37.6 Å². The Morgan fingerprint density at radius 1 is 1.16 bits per heavy atom. The first kappa shape index (κ1) is 23.4. The minimum atomic E-state index is -3.74. The highest BCUT2D eigenvalue weighted by molar-refractivity contribution is 7.89. The molecular formula is C22H31N3O5S. The van der Waals surface area contributed by atoms with Crippen LogP contribution in [0.25, 0.3) is 0 Å². The zero-order valence-corrected chi connectivity index (χ0v) is 18.9. The van der Waals surface area contributed by atoms with Crippen LogP contribution in [0.4, 0.5) is 5.69 Å². The van der Waals surface area contributed by atoms with Gasteiger partial charge in [-0.05, 0) is 49.0 Å². The zero-order chi connectivity index (χ0) is 22.6. The predicted octanol–water partition coefficient (Wildman–Crippen LogP) is 2.00. The van der Waals surface area contributed by atoms with Crippen LogP contribution in [-0.4, -0.2) is 56.9 Å². The van der Waals surface area contributed by atoms with Gasteiger partial charge in [0.1, 0.15) is 0 Å². The standard InChI is InChI=1S/C22H31N3O5S/c1-4-20(26)24-21-15(2)13-25(14-16(21)3)31(28,29)19-7-5-6-18(12-19)23-22(27)17-8-10-30-11-9-17/h4-7,12,15-17,21H,1,8-11,13-14H2,2-3H3,(H,23,27)(H,24,26). The second kappa shape index (κ2) is 9.93. The zero-order valence-electron chi connectivity index (χ0n) is 18.0. The number of anilines is 1.